The van der Waals surface area contributed by atoms with Gasteiger partial charge in [0.15, 0.2) is 0 Å². The Hall–Kier alpha value is -1.89. The van der Waals surface area contributed by atoms with Gasteiger partial charge in [0.05, 0.1) is 18.9 Å². The third kappa shape index (κ3) is 2.97. The van der Waals surface area contributed by atoms with Crippen LogP contribution in [0.1, 0.15) is 44.6 Å². The number of nitriles is 1. The molecule has 1 heterocycles. The highest BCUT2D eigenvalue weighted by atomic mass is 16.5. The number of ether oxygens (including phenoxy) is 1. The van der Waals surface area contributed by atoms with Crippen LogP contribution in [0.2, 0.25) is 0 Å². The minimum atomic E-state index is 0.516. The molecule has 4 nitrogen and oxygen atoms in total. The van der Waals surface area contributed by atoms with Crippen molar-refractivity contribution in [1.82, 2.24) is 0 Å². The molecule has 3 rings (SSSR count). The number of rotatable bonds is 4. The molecule has 124 valence electrons. The topological polar surface area (TPSA) is 62.3 Å². The SMILES string of the molecule is CCc1cc(N)c(OC)cc1N1CCC2(CC1)CC(CC#N)C2. The summed E-state index contributed by atoms with van der Waals surface area (Å²) in [6.45, 7) is 4.37. The Kier molecular flexibility index (Phi) is 4.39. The highest BCUT2D eigenvalue weighted by Crippen LogP contribution is 2.54. The van der Waals surface area contributed by atoms with Crippen molar-refractivity contribution in [1.29, 1.82) is 5.26 Å². The van der Waals surface area contributed by atoms with E-state index >= 15 is 0 Å². The van der Waals surface area contributed by atoms with Gasteiger partial charge in [0.25, 0.3) is 0 Å². The van der Waals surface area contributed by atoms with Crippen molar-refractivity contribution < 1.29 is 4.74 Å². The Morgan fingerprint density at radius 2 is 2.04 bits per heavy atom. The van der Waals surface area contributed by atoms with Crippen LogP contribution >= 0.6 is 0 Å². The Labute approximate surface area is 139 Å². The zero-order chi connectivity index (χ0) is 16.4. The first-order chi connectivity index (χ1) is 11.1. The largest absolute Gasteiger partial charge is 0.495 e. The number of nitrogens with zero attached hydrogens (tertiary/aromatic N) is 2. The lowest BCUT2D eigenvalue weighted by Crippen LogP contribution is -2.47. The number of hydrogen-bond donors (Lipinski definition) is 1. The van der Waals surface area contributed by atoms with E-state index in [9.17, 15) is 0 Å². The molecule has 1 aromatic carbocycles. The maximum Gasteiger partial charge on any atom is 0.143 e. The normalized spacial score (nSPS) is 20.1. The first-order valence-corrected chi connectivity index (χ1v) is 8.69. The summed E-state index contributed by atoms with van der Waals surface area (Å²) in [5, 5.41) is 8.83. The lowest BCUT2D eigenvalue weighted by molar-refractivity contribution is 0.0306. The highest BCUT2D eigenvalue weighted by molar-refractivity contribution is 5.67. The molecule has 1 aliphatic carbocycles. The van der Waals surface area contributed by atoms with Crippen LogP contribution in [-0.4, -0.2) is 20.2 Å². The minimum Gasteiger partial charge on any atom is -0.495 e. The van der Waals surface area contributed by atoms with E-state index in [4.69, 9.17) is 15.7 Å². The zero-order valence-corrected chi connectivity index (χ0v) is 14.3. The molecular weight excluding hydrogens is 286 g/mol. The van der Waals surface area contributed by atoms with E-state index in [0.717, 1.165) is 37.4 Å². The molecule has 1 saturated carbocycles. The van der Waals surface area contributed by atoms with Gasteiger partial charge in [-0.1, -0.05) is 6.92 Å². The van der Waals surface area contributed by atoms with Gasteiger partial charge in [-0.3, -0.25) is 0 Å². The van der Waals surface area contributed by atoms with Gasteiger partial charge in [-0.05, 0) is 55.1 Å². The lowest BCUT2D eigenvalue weighted by Gasteiger charge is -2.52. The number of anilines is 2. The molecule has 0 bridgehead atoms. The molecule has 0 unspecified atom stereocenters. The van der Waals surface area contributed by atoms with Crippen LogP contribution in [0.3, 0.4) is 0 Å². The van der Waals surface area contributed by atoms with Gasteiger partial charge in [0, 0.05) is 31.3 Å². The van der Waals surface area contributed by atoms with E-state index in [1.54, 1.807) is 7.11 Å². The Balaban J connectivity index is 1.70. The van der Waals surface area contributed by atoms with E-state index in [0.29, 0.717) is 11.3 Å². The number of nitrogen functional groups attached to an aromatic ring is 1. The number of nitrogens with two attached hydrogens (primary N) is 1. The van der Waals surface area contributed by atoms with E-state index in [-0.39, 0.29) is 0 Å². The fraction of sp³-hybridized carbons (Fsp3) is 0.632. The summed E-state index contributed by atoms with van der Waals surface area (Å²) in [7, 11) is 1.68. The second-order valence-electron chi connectivity index (χ2n) is 7.20. The molecule has 1 aliphatic heterocycles. The third-order valence-electron chi connectivity index (χ3n) is 5.80. The summed E-state index contributed by atoms with van der Waals surface area (Å²) in [4.78, 5) is 2.49. The van der Waals surface area contributed by atoms with Crippen molar-refractivity contribution in [2.45, 2.75) is 45.4 Å². The van der Waals surface area contributed by atoms with E-state index in [1.807, 2.05) is 0 Å². The van der Waals surface area contributed by atoms with Crippen molar-refractivity contribution in [2.24, 2.45) is 11.3 Å². The molecule has 1 aromatic rings. The molecule has 23 heavy (non-hydrogen) atoms. The standard InChI is InChI=1S/C19H27N3O/c1-3-15-10-16(21)18(23-2)11-17(15)22-8-5-19(6-9-22)12-14(13-19)4-7-20/h10-11,14H,3-6,8-9,12-13,21H2,1-2H3. The van der Waals surface area contributed by atoms with Crippen LogP contribution in [0.25, 0.3) is 0 Å². The smallest absolute Gasteiger partial charge is 0.143 e. The molecule has 0 atom stereocenters. The Morgan fingerprint density at radius 3 is 2.61 bits per heavy atom. The summed E-state index contributed by atoms with van der Waals surface area (Å²) in [6.07, 6.45) is 6.70. The van der Waals surface area contributed by atoms with Crippen molar-refractivity contribution >= 4 is 11.4 Å². The molecule has 2 N–H and O–H groups in total. The van der Waals surface area contributed by atoms with Crippen LogP contribution in [0, 0.1) is 22.7 Å². The van der Waals surface area contributed by atoms with Gasteiger partial charge in [-0.15, -0.1) is 0 Å². The van der Waals surface area contributed by atoms with Crippen LogP contribution in [0.5, 0.6) is 5.75 Å². The van der Waals surface area contributed by atoms with Crippen molar-refractivity contribution in [2.75, 3.05) is 30.8 Å². The first-order valence-electron chi connectivity index (χ1n) is 8.69. The molecule has 1 saturated heterocycles. The second kappa shape index (κ2) is 6.31. The molecule has 2 aliphatic rings. The monoisotopic (exact) mass is 313 g/mol. The van der Waals surface area contributed by atoms with Gasteiger partial charge in [0.2, 0.25) is 0 Å². The molecule has 4 heteroatoms. The molecule has 0 radical (unpaired) electrons. The minimum absolute atomic E-state index is 0.516. The molecule has 0 amide bonds. The number of aryl methyl sites for hydroxylation is 1. The van der Waals surface area contributed by atoms with Gasteiger partial charge >= 0.3 is 0 Å². The van der Waals surface area contributed by atoms with Crippen LogP contribution in [-0.2, 0) is 6.42 Å². The fourth-order valence-electron chi connectivity index (χ4n) is 4.46. The predicted molar refractivity (Wildman–Crippen MR) is 93.6 cm³/mol. The Bertz CT molecular complexity index is 604. The average Bonchev–Trinajstić information content (AvgIpc) is 2.54. The summed E-state index contributed by atoms with van der Waals surface area (Å²) in [5.41, 5.74) is 9.87. The van der Waals surface area contributed by atoms with Gasteiger partial charge in [0.1, 0.15) is 5.75 Å². The third-order valence-corrected chi connectivity index (χ3v) is 5.80. The van der Waals surface area contributed by atoms with Crippen molar-refractivity contribution in [3.05, 3.63) is 17.7 Å². The number of piperidine rings is 1. The number of methoxy groups -OCH3 is 1. The zero-order valence-electron chi connectivity index (χ0n) is 14.3. The summed E-state index contributed by atoms with van der Waals surface area (Å²) >= 11 is 0. The maximum absolute atomic E-state index is 8.83. The first kappa shape index (κ1) is 16.0. The summed E-state index contributed by atoms with van der Waals surface area (Å²) < 4.78 is 5.41. The van der Waals surface area contributed by atoms with Crippen molar-refractivity contribution in [3.63, 3.8) is 0 Å². The Morgan fingerprint density at radius 1 is 1.35 bits per heavy atom. The van der Waals surface area contributed by atoms with Crippen molar-refractivity contribution in [3.8, 4) is 11.8 Å². The molecular formula is C19H27N3O. The van der Waals surface area contributed by atoms with Crippen LogP contribution in [0.4, 0.5) is 11.4 Å². The van der Waals surface area contributed by atoms with E-state index in [2.05, 4.69) is 30.0 Å². The number of benzene rings is 1. The summed E-state index contributed by atoms with van der Waals surface area (Å²) in [6, 6.07) is 6.49. The maximum atomic E-state index is 8.83. The molecule has 1 spiro atoms. The van der Waals surface area contributed by atoms with Crippen LogP contribution < -0.4 is 15.4 Å². The highest BCUT2D eigenvalue weighted by Gasteiger charge is 2.45. The van der Waals surface area contributed by atoms with E-state index in [1.165, 1.54) is 36.9 Å². The lowest BCUT2D eigenvalue weighted by atomic mass is 9.57. The quantitative estimate of drug-likeness (QED) is 0.860. The number of hydrogen-bond acceptors (Lipinski definition) is 4. The predicted octanol–water partition coefficient (Wildman–Crippen LogP) is 3.75. The molecule has 0 aromatic heterocycles. The van der Waals surface area contributed by atoms with Gasteiger partial charge < -0.3 is 15.4 Å². The fourth-order valence-corrected chi connectivity index (χ4v) is 4.46. The second-order valence-corrected chi connectivity index (χ2v) is 7.20. The average molecular weight is 313 g/mol. The van der Waals surface area contributed by atoms with Gasteiger partial charge in [-0.25, -0.2) is 0 Å². The summed E-state index contributed by atoms with van der Waals surface area (Å²) in [5.74, 6) is 1.42. The molecule has 2 fully saturated rings. The van der Waals surface area contributed by atoms with E-state index < -0.39 is 0 Å². The van der Waals surface area contributed by atoms with Gasteiger partial charge in [-0.2, -0.15) is 5.26 Å². The van der Waals surface area contributed by atoms with Crippen LogP contribution in [0.15, 0.2) is 12.1 Å².